The maximum Gasteiger partial charge on any atom is 0.137 e. The minimum atomic E-state index is 0.415. The number of hydrogen-bond acceptors (Lipinski definition) is 2. The summed E-state index contributed by atoms with van der Waals surface area (Å²) in [5.41, 5.74) is 4.60. The van der Waals surface area contributed by atoms with Crippen LogP contribution in [0.2, 0.25) is 0 Å². The third kappa shape index (κ3) is 1.91. The summed E-state index contributed by atoms with van der Waals surface area (Å²) in [5, 5.41) is 3.52. The van der Waals surface area contributed by atoms with Crippen LogP contribution in [0, 0.1) is 0 Å². The first-order valence-electron chi connectivity index (χ1n) is 7.19. The van der Waals surface area contributed by atoms with Crippen molar-refractivity contribution >= 4 is 5.65 Å². The summed E-state index contributed by atoms with van der Waals surface area (Å²) in [6.07, 6.45) is 4.61. The number of fused-ring (bicyclic) bond motifs is 1. The van der Waals surface area contributed by atoms with E-state index in [4.69, 9.17) is 4.98 Å². The van der Waals surface area contributed by atoms with Crippen molar-refractivity contribution in [1.82, 2.24) is 14.7 Å². The zero-order chi connectivity index (χ0) is 13.4. The molecule has 1 N–H and O–H groups in total. The summed E-state index contributed by atoms with van der Waals surface area (Å²) in [4.78, 5) is 4.78. The topological polar surface area (TPSA) is 29.3 Å². The monoisotopic (exact) mass is 263 g/mol. The largest absolute Gasteiger partial charge is 0.309 e. The molecule has 0 bridgehead atoms. The molecule has 0 radical (unpaired) electrons. The van der Waals surface area contributed by atoms with Crippen LogP contribution >= 0.6 is 0 Å². The lowest BCUT2D eigenvalue weighted by Gasteiger charge is -2.05. The lowest BCUT2D eigenvalue weighted by molar-refractivity contribution is 0.632. The molecule has 1 atom stereocenters. The van der Waals surface area contributed by atoms with Gasteiger partial charge in [-0.1, -0.05) is 36.4 Å². The van der Waals surface area contributed by atoms with Crippen LogP contribution in [-0.2, 0) is 0 Å². The van der Waals surface area contributed by atoms with Crippen molar-refractivity contribution in [2.75, 3.05) is 6.54 Å². The number of aromatic nitrogens is 2. The number of nitrogens with one attached hydrogen (secondary N) is 1. The average Bonchev–Trinajstić information content (AvgIpc) is 3.16. The maximum atomic E-state index is 4.78. The quantitative estimate of drug-likeness (QED) is 0.767. The van der Waals surface area contributed by atoms with Crippen LogP contribution in [0.25, 0.3) is 16.9 Å². The van der Waals surface area contributed by atoms with Crippen LogP contribution in [0.4, 0.5) is 0 Å². The molecule has 0 aliphatic carbocycles. The van der Waals surface area contributed by atoms with Crippen molar-refractivity contribution in [2.24, 2.45) is 0 Å². The molecule has 0 saturated carbocycles. The molecular formula is C17H17N3. The van der Waals surface area contributed by atoms with E-state index >= 15 is 0 Å². The minimum absolute atomic E-state index is 0.415. The van der Waals surface area contributed by atoms with Crippen molar-refractivity contribution in [3.63, 3.8) is 0 Å². The predicted octanol–water partition coefficient (Wildman–Crippen LogP) is 3.43. The first-order valence-corrected chi connectivity index (χ1v) is 7.19. The Morgan fingerprint density at radius 1 is 1.05 bits per heavy atom. The first kappa shape index (κ1) is 11.7. The number of pyridine rings is 1. The van der Waals surface area contributed by atoms with Crippen LogP contribution in [0.5, 0.6) is 0 Å². The van der Waals surface area contributed by atoms with Crippen molar-refractivity contribution in [3.8, 4) is 11.3 Å². The second kappa shape index (κ2) is 4.76. The van der Waals surface area contributed by atoms with Crippen LogP contribution in [-0.4, -0.2) is 15.9 Å². The van der Waals surface area contributed by atoms with Gasteiger partial charge in [0.25, 0.3) is 0 Å². The van der Waals surface area contributed by atoms with Gasteiger partial charge in [-0.15, -0.1) is 0 Å². The van der Waals surface area contributed by atoms with E-state index < -0.39 is 0 Å². The highest BCUT2D eigenvalue weighted by atomic mass is 15.1. The number of rotatable bonds is 2. The first-order chi connectivity index (χ1) is 9.92. The number of nitrogens with zero attached hydrogens (tertiary/aromatic N) is 2. The van der Waals surface area contributed by atoms with Crippen LogP contribution in [0.3, 0.4) is 0 Å². The molecule has 3 heterocycles. The van der Waals surface area contributed by atoms with E-state index in [0.717, 1.165) is 17.9 Å². The van der Waals surface area contributed by atoms with Gasteiger partial charge in [0.15, 0.2) is 0 Å². The van der Waals surface area contributed by atoms with Crippen molar-refractivity contribution in [1.29, 1.82) is 0 Å². The lowest BCUT2D eigenvalue weighted by atomic mass is 10.1. The highest BCUT2D eigenvalue weighted by Gasteiger charge is 2.19. The highest BCUT2D eigenvalue weighted by molar-refractivity contribution is 5.63. The van der Waals surface area contributed by atoms with Gasteiger partial charge in [0.2, 0.25) is 0 Å². The minimum Gasteiger partial charge on any atom is -0.309 e. The third-order valence-electron chi connectivity index (χ3n) is 4.00. The fourth-order valence-corrected chi connectivity index (χ4v) is 2.98. The summed E-state index contributed by atoms with van der Waals surface area (Å²) in [6, 6.07) is 17.2. The Balaban J connectivity index is 1.85. The van der Waals surface area contributed by atoms with E-state index in [-0.39, 0.29) is 0 Å². The summed E-state index contributed by atoms with van der Waals surface area (Å²) in [6.45, 7) is 1.10. The van der Waals surface area contributed by atoms with Crippen LogP contribution in [0.1, 0.15) is 24.6 Å². The van der Waals surface area contributed by atoms with E-state index in [9.17, 15) is 0 Å². The van der Waals surface area contributed by atoms with Crippen molar-refractivity contribution in [3.05, 3.63) is 60.4 Å². The van der Waals surface area contributed by atoms with Gasteiger partial charge in [-0.05, 0) is 37.1 Å². The third-order valence-corrected chi connectivity index (χ3v) is 4.00. The highest BCUT2D eigenvalue weighted by Crippen LogP contribution is 2.26. The molecule has 2 aromatic heterocycles. The molecule has 0 spiro atoms. The molecule has 1 saturated heterocycles. The zero-order valence-electron chi connectivity index (χ0n) is 11.3. The van der Waals surface area contributed by atoms with Crippen molar-refractivity contribution in [2.45, 2.75) is 18.9 Å². The molecule has 1 aromatic carbocycles. The summed E-state index contributed by atoms with van der Waals surface area (Å²) < 4.78 is 2.20. The molecule has 1 aliphatic rings. The molecule has 0 unspecified atom stereocenters. The Morgan fingerprint density at radius 2 is 1.95 bits per heavy atom. The van der Waals surface area contributed by atoms with Gasteiger partial charge in [-0.3, -0.25) is 4.40 Å². The normalized spacial score (nSPS) is 18.7. The Bertz CT molecular complexity index is 724. The van der Waals surface area contributed by atoms with E-state index in [1.165, 1.54) is 24.1 Å². The Hall–Kier alpha value is -2.13. The van der Waals surface area contributed by atoms with E-state index in [2.05, 4.69) is 58.4 Å². The average molecular weight is 263 g/mol. The molecule has 100 valence electrons. The Labute approximate surface area is 118 Å². The van der Waals surface area contributed by atoms with Crippen LogP contribution in [0.15, 0.2) is 54.7 Å². The second-order valence-corrected chi connectivity index (χ2v) is 5.32. The summed E-state index contributed by atoms with van der Waals surface area (Å²) in [5.74, 6) is 0. The van der Waals surface area contributed by atoms with Gasteiger partial charge in [-0.25, -0.2) is 4.98 Å². The molecule has 20 heavy (non-hydrogen) atoms. The van der Waals surface area contributed by atoms with Gasteiger partial charge in [-0.2, -0.15) is 0 Å². The summed E-state index contributed by atoms with van der Waals surface area (Å²) in [7, 11) is 0. The summed E-state index contributed by atoms with van der Waals surface area (Å²) >= 11 is 0. The van der Waals surface area contributed by atoms with Gasteiger partial charge in [0.1, 0.15) is 5.65 Å². The van der Waals surface area contributed by atoms with Gasteiger partial charge >= 0.3 is 0 Å². The van der Waals surface area contributed by atoms with E-state index in [0.29, 0.717) is 6.04 Å². The second-order valence-electron chi connectivity index (χ2n) is 5.32. The standard InChI is InChI=1S/C17H17N3/c1-2-6-13(7-3-1)16-9-4-10-17-19-15(12-20(16)17)14-8-5-11-18-14/h1-4,6-7,9-10,12,14,18H,5,8,11H2/t14-/m0/s1. The zero-order valence-corrected chi connectivity index (χ0v) is 11.3. The van der Waals surface area contributed by atoms with E-state index in [1.807, 2.05) is 6.07 Å². The SMILES string of the molecule is c1ccc(-c2cccc3nc([C@@H]4CCCN4)cn23)cc1. The van der Waals surface area contributed by atoms with E-state index in [1.54, 1.807) is 0 Å². The molecule has 3 heteroatoms. The number of benzene rings is 1. The number of hydrogen-bond donors (Lipinski definition) is 1. The molecule has 1 aliphatic heterocycles. The molecular weight excluding hydrogens is 246 g/mol. The smallest absolute Gasteiger partial charge is 0.137 e. The molecule has 4 rings (SSSR count). The fourth-order valence-electron chi connectivity index (χ4n) is 2.98. The Morgan fingerprint density at radius 3 is 2.75 bits per heavy atom. The lowest BCUT2D eigenvalue weighted by Crippen LogP contribution is -2.12. The fraction of sp³-hybridized carbons (Fsp3) is 0.235. The Kier molecular flexibility index (Phi) is 2.78. The molecule has 3 aromatic rings. The predicted molar refractivity (Wildman–Crippen MR) is 80.6 cm³/mol. The van der Waals surface area contributed by atoms with Gasteiger partial charge < -0.3 is 5.32 Å². The van der Waals surface area contributed by atoms with Crippen molar-refractivity contribution < 1.29 is 0 Å². The number of imidazole rings is 1. The molecule has 3 nitrogen and oxygen atoms in total. The van der Waals surface area contributed by atoms with Gasteiger partial charge in [0.05, 0.1) is 17.4 Å². The van der Waals surface area contributed by atoms with Crippen LogP contribution < -0.4 is 5.32 Å². The molecule has 1 fully saturated rings. The maximum absolute atomic E-state index is 4.78. The molecule has 0 amide bonds. The van der Waals surface area contributed by atoms with Gasteiger partial charge in [0, 0.05) is 6.20 Å².